The molecule has 1 atom stereocenters. The molecule has 0 bridgehead atoms. The second-order valence-corrected chi connectivity index (χ2v) is 9.73. The highest BCUT2D eigenvalue weighted by Gasteiger charge is 2.40. The highest BCUT2D eigenvalue weighted by Crippen LogP contribution is 2.44. The van der Waals surface area contributed by atoms with Crippen LogP contribution in [0.5, 0.6) is 5.75 Å². The van der Waals surface area contributed by atoms with E-state index in [2.05, 4.69) is 13.8 Å². The zero-order chi connectivity index (χ0) is 18.9. The van der Waals surface area contributed by atoms with Gasteiger partial charge in [-0.25, -0.2) is 8.42 Å². The summed E-state index contributed by atoms with van der Waals surface area (Å²) in [6, 6.07) is 14.7. The Morgan fingerprint density at radius 2 is 1.65 bits per heavy atom. The normalized spacial score (nSPS) is 20.7. The Hall–Kier alpha value is -1.85. The fourth-order valence-corrected chi connectivity index (χ4v) is 5.15. The number of benzene rings is 2. The largest absolute Gasteiger partial charge is 0.497 e. The van der Waals surface area contributed by atoms with Gasteiger partial charge in [-0.05, 0) is 55.0 Å². The van der Waals surface area contributed by atoms with E-state index in [1.54, 1.807) is 23.5 Å². The predicted octanol–water partition coefficient (Wildman–Crippen LogP) is 4.56. The van der Waals surface area contributed by atoms with Crippen molar-refractivity contribution >= 4 is 10.0 Å². The van der Waals surface area contributed by atoms with Gasteiger partial charge < -0.3 is 4.74 Å². The third-order valence-corrected chi connectivity index (χ3v) is 7.15. The van der Waals surface area contributed by atoms with E-state index < -0.39 is 10.0 Å². The van der Waals surface area contributed by atoms with Crippen molar-refractivity contribution in [1.82, 2.24) is 4.31 Å². The number of piperidine rings is 1. The van der Waals surface area contributed by atoms with Gasteiger partial charge >= 0.3 is 0 Å². The molecule has 1 fully saturated rings. The SMILES string of the molecule is COc1ccc(C2CC(C)(C)CCN2S(=O)(=O)c2ccc(C)cc2)cc1. The van der Waals surface area contributed by atoms with Crippen molar-refractivity contribution in [1.29, 1.82) is 0 Å². The first-order valence-electron chi connectivity index (χ1n) is 8.95. The van der Waals surface area contributed by atoms with Gasteiger partial charge in [-0.3, -0.25) is 0 Å². The second-order valence-electron chi connectivity index (χ2n) is 7.84. The molecule has 5 heteroatoms. The molecule has 1 aliphatic rings. The van der Waals surface area contributed by atoms with E-state index >= 15 is 0 Å². The van der Waals surface area contributed by atoms with Crippen LogP contribution in [0.4, 0.5) is 0 Å². The lowest BCUT2D eigenvalue weighted by atomic mass is 9.78. The van der Waals surface area contributed by atoms with Crippen LogP contribution < -0.4 is 4.74 Å². The Bertz CT molecular complexity index is 855. The van der Waals surface area contributed by atoms with Gasteiger partial charge in [0.1, 0.15) is 5.75 Å². The van der Waals surface area contributed by atoms with Crippen LogP contribution in [0.2, 0.25) is 0 Å². The molecule has 0 aromatic heterocycles. The first-order chi connectivity index (χ1) is 12.2. The lowest BCUT2D eigenvalue weighted by molar-refractivity contribution is 0.136. The van der Waals surface area contributed by atoms with Gasteiger partial charge in [-0.1, -0.05) is 43.7 Å². The van der Waals surface area contributed by atoms with Crippen molar-refractivity contribution in [2.75, 3.05) is 13.7 Å². The molecular weight excluding hydrogens is 346 g/mol. The van der Waals surface area contributed by atoms with Gasteiger partial charge in [0.25, 0.3) is 0 Å². The summed E-state index contributed by atoms with van der Waals surface area (Å²) in [6.45, 7) is 6.90. The van der Waals surface area contributed by atoms with Crippen LogP contribution in [0.1, 0.15) is 43.9 Å². The first kappa shape index (κ1) is 18.9. The monoisotopic (exact) mass is 373 g/mol. The van der Waals surface area contributed by atoms with E-state index in [9.17, 15) is 8.42 Å². The molecule has 0 spiro atoms. The Labute approximate surface area is 156 Å². The quantitative estimate of drug-likeness (QED) is 0.789. The molecule has 1 heterocycles. The highest BCUT2D eigenvalue weighted by molar-refractivity contribution is 7.89. The van der Waals surface area contributed by atoms with Crippen LogP contribution in [0.15, 0.2) is 53.4 Å². The summed E-state index contributed by atoms with van der Waals surface area (Å²) in [5, 5.41) is 0. The Kier molecular flexibility index (Phi) is 5.13. The fraction of sp³-hybridized carbons (Fsp3) is 0.429. The molecule has 140 valence electrons. The molecule has 2 aromatic rings. The molecular formula is C21H27NO3S. The van der Waals surface area contributed by atoms with Crippen LogP contribution in [0, 0.1) is 12.3 Å². The van der Waals surface area contributed by atoms with Crippen molar-refractivity contribution in [3.8, 4) is 5.75 Å². The van der Waals surface area contributed by atoms with E-state index in [-0.39, 0.29) is 11.5 Å². The van der Waals surface area contributed by atoms with E-state index in [4.69, 9.17) is 4.74 Å². The number of sulfonamides is 1. The minimum Gasteiger partial charge on any atom is -0.497 e. The van der Waals surface area contributed by atoms with Crippen LogP contribution in [0.25, 0.3) is 0 Å². The van der Waals surface area contributed by atoms with Crippen LogP contribution in [-0.4, -0.2) is 26.4 Å². The summed E-state index contributed by atoms with van der Waals surface area (Å²) < 4.78 is 33.5. The minimum absolute atomic E-state index is 0.101. The zero-order valence-electron chi connectivity index (χ0n) is 15.9. The molecule has 26 heavy (non-hydrogen) atoms. The lowest BCUT2D eigenvalue weighted by Crippen LogP contribution is -2.43. The fourth-order valence-electron chi connectivity index (χ4n) is 3.54. The van der Waals surface area contributed by atoms with Crippen molar-refractivity contribution in [2.24, 2.45) is 5.41 Å². The number of hydrogen-bond acceptors (Lipinski definition) is 3. The van der Waals surface area contributed by atoms with Crippen LogP contribution in [-0.2, 0) is 10.0 Å². The summed E-state index contributed by atoms with van der Waals surface area (Å²) in [4.78, 5) is 0.362. The molecule has 0 aliphatic carbocycles. The molecule has 4 nitrogen and oxygen atoms in total. The van der Waals surface area contributed by atoms with E-state index in [1.807, 2.05) is 43.3 Å². The smallest absolute Gasteiger partial charge is 0.243 e. The summed E-state index contributed by atoms with van der Waals surface area (Å²) >= 11 is 0. The number of nitrogens with zero attached hydrogens (tertiary/aromatic N) is 1. The third kappa shape index (κ3) is 3.79. The zero-order valence-corrected chi connectivity index (χ0v) is 16.7. The summed E-state index contributed by atoms with van der Waals surface area (Å²) in [6.07, 6.45) is 1.65. The number of aryl methyl sites for hydroxylation is 1. The summed E-state index contributed by atoms with van der Waals surface area (Å²) in [5.74, 6) is 0.775. The van der Waals surface area contributed by atoms with Crippen molar-refractivity contribution in [3.05, 3.63) is 59.7 Å². The maximum atomic E-state index is 13.3. The lowest BCUT2D eigenvalue weighted by Gasteiger charge is -2.42. The number of methoxy groups -OCH3 is 1. The number of hydrogen-bond donors (Lipinski definition) is 0. The molecule has 1 aliphatic heterocycles. The van der Waals surface area contributed by atoms with E-state index in [0.29, 0.717) is 11.4 Å². The van der Waals surface area contributed by atoms with Gasteiger partial charge in [-0.15, -0.1) is 0 Å². The van der Waals surface area contributed by atoms with Gasteiger partial charge in [0, 0.05) is 6.54 Å². The van der Waals surface area contributed by atoms with Crippen molar-refractivity contribution in [2.45, 2.75) is 44.6 Å². The topological polar surface area (TPSA) is 46.6 Å². The molecule has 2 aromatic carbocycles. The summed E-state index contributed by atoms with van der Waals surface area (Å²) in [7, 11) is -1.91. The second kappa shape index (κ2) is 7.05. The molecule has 0 radical (unpaired) electrons. The van der Waals surface area contributed by atoms with E-state index in [1.165, 1.54) is 0 Å². The number of ether oxygens (including phenoxy) is 1. The molecule has 1 unspecified atom stereocenters. The standard InChI is InChI=1S/C21H27NO3S/c1-16-5-11-19(12-6-16)26(23,24)22-14-13-21(2,3)15-20(22)17-7-9-18(25-4)10-8-17/h5-12,20H,13-15H2,1-4H3. The molecule has 0 saturated carbocycles. The molecule has 0 amide bonds. The first-order valence-corrected chi connectivity index (χ1v) is 10.4. The van der Waals surface area contributed by atoms with Crippen molar-refractivity contribution in [3.63, 3.8) is 0 Å². The van der Waals surface area contributed by atoms with Gasteiger partial charge in [0.05, 0.1) is 18.0 Å². The summed E-state index contributed by atoms with van der Waals surface area (Å²) in [5.41, 5.74) is 2.16. The third-order valence-electron chi connectivity index (χ3n) is 5.23. The predicted molar refractivity (Wildman–Crippen MR) is 104 cm³/mol. The molecule has 0 N–H and O–H groups in total. The van der Waals surface area contributed by atoms with Gasteiger partial charge in [0.2, 0.25) is 10.0 Å². The Morgan fingerprint density at radius 3 is 2.23 bits per heavy atom. The minimum atomic E-state index is -3.54. The highest BCUT2D eigenvalue weighted by atomic mass is 32.2. The van der Waals surface area contributed by atoms with Gasteiger partial charge in [0.15, 0.2) is 0 Å². The Balaban J connectivity index is 2.00. The molecule has 1 saturated heterocycles. The van der Waals surface area contributed by atoms with E-state index in [0.717, 1.165) is 29.7 Å². The maximum absolute atomic E-state index is 13.3. The van der Waals surface area contributed by atoms with Gasteiger partial charge in [-0.2, -0.15) is 4.31 Å². The van der Waals surface area contributed by atoms with Crippen LogP contribution >= 0.6 is 0 Å². The average Bonchev–Trinajstić information content (AvgIpc) is 2.61. The Morgan fingerprint density at radius 1 is 1.04 bits per heavy atom. The maximum Gasteiger partial charge on any atom is 0.243 e. The molecule has 3 rings (SSSR count). The van der Waals surface area contributed by atoms with Crippen molar-refractivity contribution < 1.29 is 13.2 Å². The van der Waals surface area contributed by atoms with Crippen LogP contribution in [0.3, 0.4) is 0 Å². The number of rotatable bonds is 4. The average molecular weight is 374 g/mol.